The van der Waals surface area contributed by atoms with Crippen LogP contribution in [0.3, 0.4) is 0 Å². The molecule has 1 aliphatic rings. The maximum atomic E-state index is 5.33. The first-order chi connectivity index (χ1) is 11.2. The Labute approximate surface area is 145 Å². The zero-order valence-electron chi connectivity index (χ0n) is 14.3. The van der Waals surface area contributed by atoms with Crippen molar-refractivity contribution in [1.29, 1.82) is 0 Å². The average Bonchev–Trinajstić information content (AvgIpc) is 2.59. The molecule has 128 valence electrons. The van der Waals surface area contributed by atoms with Crippen LogP contribution in [-0.2, 0) is 6.54 Å². The van der Waals surface area contributed by atoms with Crippen LogP contribution in [0.2, 0.25) is 0 Å². The third-order valence-corrected chi connectivity index (χ3v) is 4.75. The predicted molar refractivity (Wildman–Crippen MR) is 99.9 cm³/mol. The van der Waals surface area contributed by atoms with Crippen LogP contribution >= 0.6 is 12.2 Å². The van der Waals surface area contributed by atoms with Gasteiger partial charge in [-0.25, -0.2) is 0 Å². The molecule has 23 heavy (non-hydrogen) atoms. The molecular formula is C18H29N3OS. The van der Waals surface area contributed by atoms with E-state index in [1.54, 1.807) is 7.11 Å². The number of nitrogens with zero attached hydrogens (tertiary/aromatic N) is 1. The molecule has 0 saturated carbocycles. The third kappa shape index (κ3) is 6.36. The van der Waals surface area contributed by atoms with Crippen molar-refractivity contribution >= 4 is 17.3 Å². The van der Waals surface area contributed by atoms with Gasteiger partial charge in [0.25, 0.3) is 0 Å². The van der Waals surface area contributed by atoms with Crippen molar-refractivity contribution in [3.8, 4) is 5.75 Å². The Hall–Kier alpha value is -1.33. The first-order valence-electron chi connectivity index (χ1n) is 8.57. The summed E-state index contributed by atoms with van der Waals surface area (Å²) >= 11 is 5.33. The quantitative estimate of drug-likeness (QED) is 0.592. The summed E-state index contributed by atoms with van der Waals surface area (Å²) in [7, 11) is 1.68. The third-order valence-electron chi connectivity index (χ3n) is 4.46. The maximum absolute atomic E-state index is 5.33. The van der Waals surface area contributed by atoms with Crippen LogP contribution in [0, 0.1) is 0 Å². The van der Waals surface area contributed by atoms with Gasteiger partial charge in [0.15, 0.2) is 5.11 Å². The van der Waals surface area contributed by atoms with Crippen LogP contribution in [-0.4, -0.2) is 42.8 Å². The van der Waals surface area contributed by atoms with Crippen molar-refractivity contribution in [3.63, 3.8) is 0 Å². The largest absolute Gasteiger partial charge is 0.497 e. The molecule has 2 rings (SSSR count). The minimum Gasteiger partial charge on any atom is -0.497 e. The molecular weight excluding hydrogens is 306 g/mol. The summed E-state index contributed by atoms with van der Waals surface area (Å²) in [5.41, 5.74) is 1.19. The number of methoxy groups -OCH3 is 1. The number of benzene rings is 1. The molecule has 0 amide bonds. The van der Waals surface area contributed by atoms with E-state index in [1.165, 1.54) is 31.4 Å². The number of thiocarbonyl (C=S) groups is 1. The summed E-state index contributed by atoms with van der Waals surface area (Å²) in [6, 6.07) is 8.77. The molecule has 0 bridgehead atoms. The highest BCUT2D eigenvalue weighted by molar-refractivity contribution is 7.80. The second-order valence-electron chi connectivity index (χ2n) is 6.19. The Morgan fingerprint density at radius 3 is 2.74 bits per heavy atom. The molecule has 0 spiro atoms. The Bertz CT molecular complexity index is 478. The van der Waals surface area contributed by atoms with E-state index >= 15 is 0 Å². The molecule has 1 aliphatic heterocycles. The van der Waals surface area contributed by atoms with Crippen LogP contribution in [0.4, 0.5) is 0 Å². The fourth-order valence-corrected chi connectivity index (χ4v) is 3.14. The topological polar surface area (TPSA) is 36.5 Å². The van der Waals surface area contributed by atoms with Crippen LogP contribution in [0.15, 0.2) is 24.3 Å². The van der Waals surface area contributed by atoms with Crippen LogP contribution in [0.5, 0.6) is 5.75 Å². The normalized spacial score (nSPS) is 18.4. The molecule has 1 fully saturated rings. The summed E-state index contributed by atoms with van der Waals surface area (Å²) < 4.78 is 5.16. The zero-order valence-corrected chi connectivity index (χ0v) is 15.1. The van der Waals surface area contributed by atoms with E-state index in [1.807, 2.05) is 24.3 Å². The van der Waals surface area contributed by atoms with Gasteiger partial charge < -0.3 is 20.3 Å². The lowest BCUT2D eigenvalue weighted by Gasteiger charge is -2.33. The first kappa shape index (κ1) is 18.0. The predicted octanol–water partition coefficient (Wildman–Crippen LogP) is 2.92. The summed E-state index contributed by atoms with van der Waals surface area (Å²) in [5.74, 6) is 0.876. The zero-order chi connectivity index (χ0) is 16.5. The molecule has 5 heteroatoms. The minimum absolute atomic E-state index is 0.729. The molecule has 1 atom stereocenters. The van der Waals surface area contributed by atoms with Gasteiger partial charge in [-0.2, -0.15) is 0 Å². The second-order valence-corrected chi connectivity index (χ2v) is 6.60. The molecule has 0 radical (unpaired) electrons. The Morgan fingerprint density at radius 2 is 2.04 bits per heavy atom. The Kier molecular flexibility index (Phi) is 7.62. The lowest BCUT2D eigenvalue weighted by atomic mass is 10.0. The molecule has 1 aromatic rings. The molecule has 4 nitrogen and oxygen atoms in total. The molecule has 0 aromatic heterocycles. The average molecular weight is 336 g/mol. The van der Waals surface area contributed by atoms with Gasteiger partial charge in [-0.3, -0.25) is 0 Å². The van der Waals surface area contributed by atoms with Crippen molar-refractivity contribution in [2.75, 3.05) is 26.7 Å². The fraction of sp³-hybridized carbons (Fsp3) is 0.611. The van der Waals surface area contributed by atoms with Crippen molar-refractivity contribution in [2.24, 2.45) is 0 Å². The van der Waals surface area contributed by atoms with E-state index in [2.05, 4.69) is 22.5 Å². The lowest BCUT2D eigenvalue weighted by molar-refractivity contribution is 0.159. The minimum atomic E-state index is 0.729. The maximum Gasteiger partial charge on any atom is 0.166 e. The number of ether oxygens (including phenoxy) is 1. The molecule has 0 aliphatic carbocycles. The van der Waals surface area contributed by atoms with Crippen molar-refractivity contribution in [2.45, 2.75) is 45.2 Å². The number of hydrogen-bond donors (Lipinski definition) is 2. The fourth-order valence-electron chi connectivity index (χ4n) is 2.96. The lowest BCUT2D eigenvalue weighted by Crippen LogP contribution is -2.40. The van der Waals surface area contributed by atoms with Crippen LogP contribution in [0.1, 0.15) is 38.2 Å². The smallest absolute Gasteiger partial charge is 0.166 e. The first-order valence-corrected chi connectivity index (χ1v) is 8.98. The Morgan fingerprint density at radius 1 is 1.26 bits per heavy atom. The molecule has 0 unspecified atom stereocenters. The van der Waals surface area contributed by atoms with Crippen molar-refractivity contribution in [1.82, 2.24) is 15.5 Å². The highest BCUT2D eigenvalue weighted by Crippen LogP contribution is 2.16. The van der Waals surface area contributed by atoms with Crippen LogP contribution < -0.4 is 15.4 Å². The van der Waals surface area contributed by atoms with Gasteiger partial charge in [0.1, 0.15) is 5.75 Å². The molecule has 1 aromatic carbocycles. The number of likely N-dealkylation sites (tertiary alicyclic amines) is 1. The van der Waals surface area contributed by atoms with Gasteiger partial charge in [0.2, 0.25) is 0 Å². The van der Waals surface area contributed by atoms with Gasteiger partial charge in [-0.1, -0.05) is 18.6 Å². The van der Waals surface area contributed by atoms with E-state index in [-0.39, 0.29) is 0 Å². The van der Waals surface area contributed by atoms with E-state index in [0.29, 0.717) is 0 Å². The van der Waals surface area contributed by atoms with E-state index in [0.717, 1.165) is 43.0 Å². The highest BCUT2D eigenvalue weighted by atomic mass is 32.1. The van der Waals surface area contributed by atoms with Gasteiger partial charge in [0.05, 0.1) is 7.11 Å². The molecule has 1 saturated heterocycles. The number of rotatable bonds is 7. The van der Waals surface area contributed by atoms with Gasteiger partial charge in [-0.05, 0) is 62.6 Å². The monoisotopic (exact) mass is 335 g/mol. The van der Waals surface area contributed by atoms with E-state index in [9.17, 15) is 0 Å². The van der Waals surface area contributed by atoms with E-state index in [4.69, 9.17) is 17.0 Å². The standard InChI is InChI=1S/C18H29N3OS/c1-15-6-3-4-12-21(15)13-5-11-19-18(23)20-14-16-7-9-17(22-2)10-8-16/h7-10,15H,3-6,11-14H2,1-2H3,(H2,19,20,23)/t15-/m0/s1. The molecule has 2 N–H and O–H groups in total. The summed E-state index contributed by atoms with van der Waals surface area (Å²) in [5, 5.41) is 7.28. The van der Waals surface area contributed by atoms with Gasteiger partial charge >= 0.3 is 0 Å². The summed E-state index contributed by atoms with van der Waals surface area (Å²) in [6.45, 7) is 6.42. The van der Waals surface area contributed by atoms with Gasteiger partial charge in [0, 0.05) is 25.7 Å². The SMILES string of the molecule is COc1ccc(CNC(=S)NCCCN2CCCC[C@@H]2C)cc1. The van der Waals surface area contributed by atoms with E-state index < -0.39 is 0 Å². The second kappa shape index (κ2) is 9.73. The number of hydrogen-bond acceptors (Lipinski definition) is 3. The van der Waals surface area contributed by atoms with Crippen molar-refractivity contribution < 1.29 is 4.74 Å². The number of nitrogens with one attached hydrogen (secondary N) is 2. The highest BCUT2D eigenvalue weighted by Gasteiger charge is 2.16. The summed E-state index contributed by atoms with van der Waals surface area (Å²) in [4.78, 5) is 2.60. The van der Waals surface area contributed by atoms with Crippen molar-refractivity contribution in [3.05, 3.63) is 29.8 Å². The molecule has 1 heterocycles. The van der Waals surface area contributed by atoms with Crippen LogP contribution in [0.25, 0.3) is 0 Å². The summed E-state index contributed by atoms with van der Waals surface area (Å²) in [6.07, 6.45) is 5.21. The number of piperidine rings is 1. The Balaban J connectivity index is 1.57. The van der Waals surface area contributed by atoms with Gasteiger partial charge in [-0.15, -0.1) is 0 Å².